The van der Waals surface area contributed by atoms with Gasteiger partial charge in [-0.05, 0) is 18.2 Å². The number of Topliss-reactive ketones (excluding diaryl/α,β-unsaturated/α-hetero) is 1. The lowest BCUT2D eigenvalue weighted by molar-refractivity contribution is -0.139. The quantitative estimate of drug-likeness (QED) is 0.479. The van der Waals surface area contributed by atoms with Crippen molar-refractivity contribution >= 4 is 22.8 Å². The maximum atomic E-state index is 11.6. The van der Waals surface area contributed by atoms with E-state index in [1.54, 1.807) is 24.5 Å². The molecule has 0 bridgehead atoms. The van der Waals surface area contributed by atoms with Gasteiger partial charge < -0.3 is 9.72 Å². The van der Waals surface area contributed by atoms with Crippen molar-refractivity contribution in [1.29, 1.82) is 0 Å². The Morgan fingerprint density at radius 1 is 1.44 bits per heavy atom. The molecule has 82 valence electrons. The van der Waals surface area contributed by atoms with E-state index in [4.69, 9.17) is 0 Å². The molecule has 1 heterocycles. The molecule has 0 amide bonds. The number of ketones is 1. The van der Waals surface area contributed by atoms with Crippen LogP contribution in [-0.4, -0.2) is 28.8 Å². The van der Waals surface area contributed by atoms with E-state index in [0.29, 0.717) is 5.56 Å². The van der Waals surface area contributed by atoms with Crippen molar-refractivity contribution in [3.05, 3.63) is 30.1 Å². The van der Waals surface area contributed by atoms with Crippen LogP contribution in [0.5, 0.6) is 0 Å². The zero-order valence-corrected chi connectivity index (χ0v) is 8.69. The number of esters is 1. The van der Waals surface area contributed by atoms with Gasteiger partial charge in [-0.15, -0.1) is 0 Å². The second kappa shape index (κ2) is 4.14. The second-order valence-electron chi connectivity index (χ2n) is 3.31. The molecule has 1 aromatic heterocycles. The first kappa shape index (κ1) is 10.4. The van der Waals surface area contributed by atoms with Gasteiger partial charge in [0.2, 0.25) is 0 Å². The van der Waals surface area contributed by atoms with E-state index in [0.717, 1.165) is 11.0 Å². The van der Waals surface area contributed by atoms with Crippen molar-refractivity contribution < 1.29 is 14.3 Å². The number of fused-ring (bicyclic) bond motifs is 1. The lowest BCUT2D eigenvalue weighted by Crippen LogP contribution is -2.09. The Balaban J connectivity index is 2.25. The average molecular weight is 218 g/mol. The van der Waals surface area contributed by atoms with Gasteiger partial charge in [0.05, 0.1) is 24.5 Å². The highest BCUT2D eigenvalue weighted by atomic mass is 16.5. The topological polar surface area (TPSA) is 72.1 Å². The summed E-state index contributed by atoms with van der Waals surface area (Å²) in [5, 5.41) is 0. The number of imidazole rings is 1. The molecule has 0 atom stereocenters. The molecule has 0 aliphatic carbocycles. The van der Waals surface area contributed by atoms with Crippen molar-refractivity contribution in [2.24, 2.45) is 0 Å². The molecule has 0 radical (unpaired) electrons. The number of carbonyl (C=O) groups is 2. The summed E-state index contributed by atoms with van der Waals surface area (Å²) in [7, 11) is 1.26. The third kappa shape index (κ3) is 1.93. The minimum atomic E-state index is -0.533. The van der Waals surface area contributed by atoms with Crippen LogP contribution in [0.2, 0.25) is 0 Å². The molecule has 0 spiro atoms. The van der Waals surface area contributed by atoms with Crippen molar-refractivity contribution in [3.8, 4) is 0 Å². The van der Waals surface area contributed by atoms with Gasteiger partial charge in [0, 0.05) is 5.56 Å². The van der Waals surface area contributed by atoms with Crippen LogP contribution in [0, 0.1) is 0 Å². The number of aromatic amines is 1. The fraction of sp³-hybridized carbons (Fsp3) is 0.182. The standard InChI is InChI=1S/C11H10N2O3/c1-16-11(15)5-10(14)7-2-3-8-9(4-7)13-6-12-8/h2-4,6H,5H2,1H3,(H,12,13). The molecule has 0 fully saturated rings. The molecule has 0 aliphatic heterocycles. The van der Waals surface area contributed by atoms with Crippen LogP contribution in [-0.2, 0) is 9.53 Å². The lowest BCUT2D eigenvalue weighted by atomic mass is 10.1. The molecular weight excluding hydrogens is 208 g/mol. The summed E-state index contributed by atoms with van der Waals surface area (Å²) in [5.41, 5.74) is 2.03. The third-order valence-electron chi connectivity index (χ3n) is 2.27. The van der Waals surface area contributed by atoms with Gasteiger partial charge in [0.1, 0.15) is 6.42 Å². The number of methoxy groups -OCH3 is 1. The van der Waals surface area contributed by atoms with Gasteiger partial charge in [-0.2, -0.15) is 0 Å². The predicted octanol–water partition coefficient (Wildman–Crippen LogP) is 1.31. The Hall–Kier alpha value is -2.17. The predicted molar refractivity (Wildman–Crippen MR) is 57.1 cm³/mol. The van der Waals surface area contributed by atoms with Crippen molar-refractivity contribution in [3.63, 3.8) is 0 Å². The van der Waals surface area contributed by atoms with E-state index in [1.807, 2.05) is 0 Å². The zero-order chi connectivity index (χ0) is 11.5. The molecular formula is C11H10N2O3. The van der Waals surface area contributed by atoms with E-state index in [1.165, 1.54) is 7.11 Å². The summed E-state index contributed by atoms with van der Waals surface area (Å²) < 4.78 is 4.43. The highest BCUT2D eigenvalue weighted by Gasteiger charge is 2.12. The minimum absolute atomic E-state index is 0.240. The molecule has 2 aromatic rings. The number of carbonyl (C=O) groups excluding carboxylic acids is 2. The van der Waals surface area contributed by atoms with Crippen LogP contribution in [0.4, 0.5) is 0 Å². The molecule has 2 rings (SSSR count). The van der Waals surface area contributed by atoms with Crippen LogP contribution in [0.25, 0.3) is 11.0 Å². The van der Waals surface area contributed by atoms with Crippen LogP contribution < -0.4 is 0 Å². The summed E-state index contributed by atoms with van der Waals surface area (Å²) >= 11 is 0. The van der Waals surface area contributed by atoms with E-state index in [2.05, 4.69) is 14.7 Å². The SMILES string of the molecule is COC(=O)CC(=O)c1ccc2nc[nH]c2c1. The Kier molecular flexibility index (Phi) is 2.68. The van der Waals surface area contributed by atoms with E-state index in [-0.39, 0.29) is 12.2 Å². The van der Waals surface area contributed by atoms with Gasteiger partial charge >= 0.3 is 5.97 Å². The van der Waals surface area contributed by atoms with Crippen LogP contribution in [0.15, 0.2) is 24.5 Å². The number of rotatable bonds is 3. The molecule has 5 nitrogen and oxygen atoms in total. The summed E-state index contributed by atoms with van der Waals surface area (Å²) in [6, 6.07) is 5.05. The van der Waals surface area contributed by atoms with Gasteiger partial charge in [-0.1, -0.05) is 0 Å². The van der Waals surface area contributed by atoms with Gasteiger partial charge in [-0.3, -0.25) is 9.59 Å². The molecule has 5 heteroatoms. The first-order chi connectivity index (χ1) is 7.70. The normalized spacial score (nSPS) is 10.3. The molecule has 0 saturated carbocycles. The Morgan fingerprint density at radius 3 is 3.00 bits per heavy atom. The fourth-order valence-corrected chi connectivity index (χ4v) is 1.41. The molecule has 1 aromatic carbocycles. The highest BCUT2D eigenvalue weighted by Crippen LogP contribution is 2.13. The Labute approximate surface area is 91.4 Å². The first-order valence-corrected chi connectivity index (χ1v) is 4.74. The minimum Gasteiger partial charge on any atom is -0.469 e. The lowest BCUT2D eigenvalue weighted by Gasteiger charge is -1.99. The zero-order valence-electron chi connectivity index (χ0n) is 8.69. The van der Waals surface area contributed by atoms with Crippen LogP contribution in [0.3, 0.4) is 0 Å². The summed E-state index contributed by atoms with van der Waals surface area (Å²) in [6.45, 7) is 0. The Morgan fingerprint density at radius 2 is 2.25 bits per heavy atom. The Bertz CT molecular complexity index is 545. The number of nitrogens with one attached hydrogen (secondary N) is 1. The largest absolute Gasteiger partial charge is 0.469 e. The van der Waals surface area contributed by atoms with E-state index >= 15 is 0 Å². The highest BCUT2D eigenvalue weighted by molar-refractivity contribution is 6.07. The smallest absolute Gasteiger partial charge is 0.313 e. The molecule has 1 N–H and O–H groups in total. The summed E-state index contributed by atoms with van der Waals surface area (Å²) in [5.74, 6) is -0.793. The van der Waals surface area contributed by atoms with Crippen LogP contribution in [0.1, 0.15) is 16.8 Å². The van der Waals surface area contributed by atoms with Crippen molar-refractivity contribution in [2.75, 3.05) is 7.11 Å². The third-order valence-corrected chi connectivity index (χ3v) is 2.27. The van der Waals surface area contributed by atoms with Gasteiger partial charge in [0.25, 0.3) is 0 Å². The molecule has 0 saturated heterocycles. The van der Waals surface area contributed by atoms with Crippen molar-refractivity contribution in [2.45, 2.75) is 6.42 Å². The molecule has 16 heavy (non-hydrogen) atoms. The van der Waals surface area contributed by atoms with Crippen LogP contribution >= 0.6 is 0 Å². The number of nitrogens with zero attached hydrogens (tertiary/aromatic N) is 1. The number of ether oxygens (including phenoxy) is 1. The number of hydrogen-bond donors (Lipinski definition) is 1. The monoisotopic (exact) mass is 218 g/mol. The van der Waals surface area contributed by atoms with E-state index < -0.39 is 5.97 Å². The summed E-state index contributed by atoms with van der Waals surface area (Å²) in [4.78, 5) is 29.5. The van der Waals surface area contributed by atoms with Gasteiger partial charge in [0.15, 0.2) is 5.78 Å². The summed E-state index contributed by atoms with van der Waals surface area (Å²) in [6.07, 6.45) is 1.31. The van der Waals surface area contributed by atoms with E-state index in [9.17, 15) is 9.59 Å². The number of aromatic nitrogens is 2. The van der Waals surface area contributed by atoms with Crippen molar-refractivity contribution in [1.82, 2.24) is 9.97 Å². The van der Waals surface area contributed by atoms with Gasteiger partial charge in [-0.25, -0.2) is 4.98 Å². The average Bonchev–Trinajstić information content (AvgIpc) is 2.75. The maximum absolute atomic E-state index is 11.6. The number of H-pyrrole nitrogens is 1. The fourth-order valence-electron chi connectivity index (χ4n) is 1.41. The first-order valence-electron chi connectivity index (χ1n) is 4.74. The number of benzene rings is 1. The maximum Gasteiger partial charge on any atom is 0.313 e. The number of hydrogen-bond acceptors (Lipinski definition) is 4. The molecule has 0 aliphatic rings. The second-order valence-corrected chi connectivity index (χ2v) is 3.31. The molecule has 0 unspecified atom stereocenters.